The molecule has 1 atom stereocenters. The van der Waals surface area contributed by atoms with E-state index in [-0.39, 0.29) is 17.5 Å². The van der Waals surface area contributed by atoms with Gasteiger partial charge >= 0.3 is 0 Å². The number of hydrogen-bond acceptors (Lipinski definition) is 7. The quantitative estimate of drug-likeness (QED) is 0.764. The van der Waals surface area contributed by atoms with Crippen LogP contribution in [0.15, 0.2) is 30.3 Å². The van der Waals surface area contributed by atoms with Gasteiger partial charge in [-0.1, -0.05) is 18.2 Å². The number of anilines is 2. The van der Waals surface area contributed by atoms with Gasteiger partial charge in [0, 0.05) is 24.3 Å². The monoisotopic (exact) mass is 376 g/mol. The second kappa shape index (κ2) is 7.90. The summed E-state index contributed by atoms with van der Waals surface area (Å²) in [5.74, 6) is 2.44. The lowest BCUT2D eigenvalue weighted by Gasteiger charge is -2.14. The third kappa shape index (κ3) is 4.85. The summed E-state index contributed by atoms with van der Waals surface area (Å²) in [6, 6.07) is 9.65. The molecule has 0 saturated carbocycles. The summed E-state index contributed by atoms with van der Waals surface area (Å²) in [6.07, 6.45) is 1.40. The molecule has 0 radical (unpaired) electrons. The van der Waals surface area contributed by atoms with E-state index in [0.29, 0.717) is 24.7 Å². The van der Waals surface area contributed by atoms with E-state index in [0.717, 1.165) is 23.4 Å². The van der Waals surface area contributed by atoms with Crippen molar-refractivity contribution in [1.82, 2.24) is 9.97 Å². The van der Waals surface area contributed by atoms with Crippen molar-refractivity contribution in [1.29, 1.82) is 0 Å². The average molecular weight is 376 g/mol. The van der Waals surface area contributed by atoms with Crippen LogP contribution in [-0.4, -0.2) is 49.6 Å². The van der Waals surface area contributed by atoms with E-state index in [4.69, 9.17) is 4.74 Å². The van der Waals surface area contributed by atoms with Gasteiger partial charge < -0.3 is 15.4 Å². The first-order valence-corrected chi connectivity index (χ1v) is 10.5. The molecule has 2 aromatic rings. The Morgan fingerprint density at radius 2 is 2.08 bits per heavy atom. The van der Waals surface area contributed by atoms with Crippen LogP contribution in [0.25, 0.3) is 0 Å². The molecule has 7 nitrogen and oxygen atoms in total. The maximum atomic E-state index is 11.6. The molecule has 26 heavy (non-hydrogen) atoms. The number of ether oxygens (including phenoxy) is 1. The van der Waals surface area contributed by atoms with Crippen molar-refractivity contribution in [3.63, 3.8) is 0 Å². The van der Waals surface area contributed by atoms with Crippen LogP contribution < -0.4 is 15.4 Å². The Balaban J connectivity index is 1.61. The van der Waals surface area contributed by atoms with Gasteiger partial charge in [0.25, 0.3) is 0 Å². The van der Waals surface area contributed by atoms with Gasteiger partial charge in [-0.15, -0.1) is 0 Å². The number of rotatable bonds is 7. The molecule has 8 heteroatoms. The number of hydrogen-bond donors (Lipinski definition) is 2. The molecule has 2 N–H and O–H groups in total. The number of nitrogens with one attached hydrogen (secondary N) is 2. The first kappa shape index (κ1) is 18.4. The summed E-state index contributed by atoms with van der Waals surface area (Å²) in [4.78, 5) is 8.86. The van der Waals surface area contributed by atoms with E-state index >= 15 is 0 Å². The highest BCUT2D eigenvalue weighted by atomic mass is 32.2. The van der Waals surface area contributed by atoms with E-state index in [1.54, 1.807) is 7.11 Å². The van der Waals surface area contributed by atoms with Gasteiger partial charge in [-0.3, -0.25) is 0 Å². The van der Waals surface area contributed by atoms with E-state index < -0.39 is 9.84 Å². The number of aryl methyl sites for hydroxylation is 1. The fraction of sp³-hybridized carbons (Fsp3) is 0.444. The predicted octanol–water partition coefficient (Wildman–Crippen LogP) is 2.05. The van der Waals surface area contributed by atoms with Crippen molar-refractivity contribution in [2.24, 2.45) is 0 Å². The summed E-state index contributed by atoms with van der Waals surface area (Å²) in [7, 11) is -1.26. The molecule has 140 valence electrons. The van der Waals surface area contributed by atoms with Crippen LogP contribution in [0.1, 0.15) is 17.7 Å². The summed E-state index contributed by atoms with van der Waals surface area (Å²) in [5, 5.41) is 6.44. The number of para-hydroxylation sites is 1. The topological polar surface area (TPSA) is 93.2 Å². The van der Waals surface area contributed by atoms with Crippen LogP contribution >= 0.6 is 0 Å². The molecule has 1 saturated heterocycles. The van der Waals surface area contributed by atoms with Crippen molar-refractivity contribution < 1.29 is 13.2 Å². The molecule has 1 unspecified atom stereocenters. The summed E-state index contributed by atoms with van der Waals surface area (Å²) >= 11 is 0. The van der Waals surface area contributed by atoms with Gasteiger partial charge in [-0.2, -0.15) is 4.98 Å². The maximum absolute atomic E-state index is 11.6. The molecule has 3 rings (SSSR count). The van der Waals surface area contributed by atoms with Crippen LogP contribution in [0.3, 0.4) is 0 Å². The molecule has 1 aliphatic rings. The Labute approximate surface area is 154 Å². The molecular formula is C18H24N4O3S. The van der Waals surface area contributed by atoms with Crippen LogP contribution in [0.2, 0.25) is 0 Å². The molecule has 1 aromatic heterocycles. The summed E-state index contributed by atoms with van der Waals surface area (Å²) in [5.41, 5.74) is 1.94. The third-order valence-electron chi connectivity index (χ3n) is 4.31. The molecule has 0 spiro atoms. The highest BCUT2D eigenvalue weighted by molar-refractivity contribution is 7.91. The van der Waals surface area contributed by atoms with Crippen molar-refractivity contribution in [2.45, 2.75) is 25.8 Å². The minimum absolute atomic E-state index is 0.0873. The smallest absolute Gasteiger partial charge is 0.224 e. The van der Waals surface area contributed by atoms with Gasteiger partial charge in [0.1, 0.15) is 11.6 Å². The molecular weight excluding hydrogens is 352 g/mol. The van der Waals surface area contributed by atoms with Gasteiger partial charge in [0.15, 0.2) is 9.84 Å². The first-order chi connectivity index (χ1) is 12.4. The largest absolute Gasteiger partial charge is 0.496 e. The number of benzene rings is 1. The lowest BCUT2D eigenvalue weighted by atomic mass is 10.1. The van der Waals surface area contributed by atoms with E-state index in [1.807, 2.05) is 37.3 Å². The van der Waals surface area contributed by atoms with Crippen LogP contribution in [0.5, 0.6) is 5.75 Å². The standard InChI is InChI=1S/C18H24N4O3S/c1-13-11-17(21-15-8-10-26(23,24)12-15)22-18(20-13)19-9-7-14-5-3-4-6-16(14)25-2/h3-6,11,15H,7-10,12H2,1-2H3,(H2,19,20,21,22). The van der Waals surface area contributed by atoms with Crippen molar-refractivity contribution in [3.05, 3.63) is 41.6 Å². The Bertz CT molecular complexity index is 870. The van der Waals surface area contributed by atoms with Crippen LogP contribution in [0, 0.1) is 6.92 Å². The number of sulfone groups is 1. The minimum Gasteiger partial charge on any atom is -0.496 e. The Kier molecular flexibility index (Phi) is 5.61. The zero-order valence-corrected chi connectivity index (χ0v) is 15.8. The van der Waals surface area contributed by atoms with Gasteiger partial charge in [-0.25, -0.2) is 13.4 Å². The molecule has 0 aliphatic carbocycles. The molecule has 0 amide bonds. The molecule has 1 aromatic carbocycles. The van der Waals surface area contributed by atoms with Crippen molar-refractivity contribution in [3.8, 4) is 5.75 Å². The number of aromatic nitrogens is 2. The second-order valence-electron chi connectivity index (χ2n) is 6.45. The Morgan fingerprint density at radius 3 is 2.81 bits per heavy atom. The summed E-state index contributed by atoms with van der Waals surface area (Å²) in [6.45, 7) is 2.56. The predicted molar refractivity (Wildman–Crippen MR) is 103 cm³/mol. The summed E-state index contributed by atoms with van der Waals surface area (Å²) < 4.78 is 28.6. The second-order valence-corrected chi connectivity index (χ2v) is 8.68. The lowest BCUT2D eigenvalue weighted by Crippen LogP contribution is -2.22. The normalized spacial score (nSPS) is 18.5. The third-order valence-corrected chi connectivity index (χ3v) is 6.08. The average Bonchev–Trinajstić information content (AvgIpc) is 2.93. The fourth-order valence-electron chi connectivity index (χ4n) is 3.06. The zero-order valence-electron chi connectivity index (χ0n) is 15.0. The Hall–Kier alpha value is -2.35. The van der Waals surface area contributed by atoms with Crippen molar-refractivity contribution >= 4 is 21.6 Å². The lowest BCUT2D eigenvalue weighted by molar-refractivity contribution is 0.410. The molecule has 1 aliphatic heterocycles. The highest BCUT2D eigenvalue weighted by Gasteiger charge is 2.28. The van der Waals surface area contributed by atoms with Gasteiger partial charge in [0.2, 0.25) is 5.95 Å². The van der Waals surface area contributed by atoms with E-state index in [9.17, 15) is 8.42 Å². The number of nitrogens with zero attached hydrogens (tertiary/aromatic N) is 2. The first-order valence-electron chi connectivity index (χ1n) is 8.63. The maximum Gasteiger partial charge on any atom is 0.224 e. The fourth-order valence-corrected chi connectivity index (χ4v) is 4.73. The van der Waals surface area contributed by atoms with E-state index in [1.165, 1.54) is 0 Å². The number of methoxy groups -OCH3 is 1. The van der Waals surface area contributed by atoms with Gasteiger partial charge in [-0.05, 0) is 31.4 Å². The SMILES string of the molecule is COc1ccccc1CCNc1nc(C)cc(NC2CCS(=O)(=O)C2)n1. The highest BCUT2D eigenvalue weighted by Crippen LogP contribution is 2.19. The molecule has 0 bridgehead atoms. The Morgan fingerprint density at radius 1 is 1.27 bits per heavy atom. The minimum atomic E-state index is -2.92. The van der Waals surface area contributed by atoms with Crippen LogP contribution in [-0.2, 0) is 16.3 Å². The van der Waals surface area contributed by atoms with Crippen molar-refractivity contribution in [2.75, 3.05) is 35.8 Å². The molecule has 1 fully saturated rings. The molecule has 2 heterocycles. The van der Waals surface area contributed by atoms with E-state index in [2.05, 4.69) is 20.6 Å². The van der Waals surface area contributed by atoms with Gasteiger partial charge in [0.05, 0.1) is 18.6 Å². The van der Waals surface area contributed by atoms with Crippen LogP contribution in [0.4, 0.5) is 11.8 Å². The zero-order chi connectivity index (χ0) is 18.6.